The van der Waals surface area contributed by atoms with Crippen LogP contribution in [-0.4, -0.2) is 50.6 Å². The Hall–Kier alpha value is -2.93. The minimum absolute atomic E-state index is 0.256. The van der Waals surface area contributed by atoms with Crippen LogP contribution >= 0.6 is 0 Å². The molecule has 0 aromatic heterocycles. The zero-order valence-corrected chi connectivity index (χ0v) is 14.4. The summed E-state index contributed by atoms with van der Waals surface area (Å²) in [5.41, 5.74) is 1.07. The molecular weight excluding hydrogens is 339 g/mol. The Morgan fingerprint density at radius 3 is 2.58 bits per heavy atom. The molecule has 3 rings (SSSR count). The first-order valence-electron chi connectivity index (χ1n) is 8.18. The summed E-state index contributed by atoms with van der Waals surface area (Å²) in [7, 11) is 1.49. The molecule has 7 heteroatoms. The monoisotopic (exact) mass is 358 g/mol. The van der Waals surface area contributed by atoms with Gasteiger partial charge >= 0.3 is 5.97 Å². The van der Waals surface area contributed by atoms with Crippen molar-refractivity contribution in [3.05, 3.63) is 59.4 Å². The molecule has 26 heavy (non-hydrogen) atoms. The van der Waals surface area contributed by atoms with Crippen LogP contribution in [0.25, 0.3) is 0 Å². The Kier molecular flexibility index (Phi) is 5.80. The van der Waals surface area contributed by atoms with Gasteiger partial charge in [0.05, 0.1) is 45.2 Å². The molecular formula is C19H19FN2O4. The number of benzene rings is 2. The van der Waals surface area contributed by atoms with Gasteiger partial charge in [-0.2, -0.15) is 5.10 Å². The molecule has 2 aromatic carbocycles. The lowest BCUT2D eigenvalue weighted by Gasteiger charge is -2.23. The molecule has 1 aliphatic rings. The van der Waals surface area contributed by atoms with Crippen molar-refractivity contribution in [2.45, 2.75) is 0 Å². The molecule has 1 fully saturated rings. The lowest BCUT2D eigenvalue weighted by Crippen LogP contribution is -2.32. The highest BCUT2D eigenvalue weighted by molar-refractivity contribution is 5.91. The number of hydrogen-bond acceptors (Lipinski definition) is 6. The molecule has 1 saturated heterocycles. The lowest BCUT2D eigenvalue weighted by atomic mass is 10.2. The summed E-state index contributed by atoms with van der Waals surface area (Å²) < 4.78 is 28.9. The molecule has 0 bridgehead atoms. The normalized spacial score (nSPS) is 14.5. The topological polar surface area (TPSA) is 60.4 Å². The standard InChI is InChI=1S/C19H19FN2O4/c1-24-18-12-14(13-21-22-8-10-25-11-9-22)2-7-17(18)26-19(23)15-3-5-16(20)6-4-15/h2-7,12-13H,8-11H2,1H3/b21-13+. The maximum absolute atomic E-state index is 13.0. The van der Waals surface area contributed by atoms with Crippen molar-refractivity contribution in [2.75, 3.05) is 33.4 Å². The van der Waals surface area contributed by atoms with Crippen LogP contribution in [0.4, 0.5) is 4.39 Å². The fourth-order valence-corrected chi connectivity index (χ4v) is 2.41. The minimum atomic E-state index is -0.585. The predicted octanol–water partition coefficient (Wildman–Crippen LogP) is 2.72. The Bertz CT molecular complexity index is 787. The maximum Gasteiger partial charge on any atom is 0.343 e. The SMILES string of the molecule is COc1cc(/C=N/N2CCOCC2)ccc1OC(=O)c1ccc(F)cc1. The predicted molar refractivity (Wildman–Crippen MR) is 94.3 cm³/mol. The van der Waals surface area contributed by atoms with Gasteiger partial charge in [-0.05, 0) is 48.0 Å². The first-order valence-corrected chi connectivity index (χ1v) is 8.18. The molecule has 0 unspecified atom stereocenters. The van der Waals surface area contributed by atoms with E-state index in [1.807, 2.05) is 5.01 Å². The highest BCUT2D eigenvalue weighted by Crippen LogP contribution is 2.28. The van der Waals surface area contributed by atoms with Gasteiger partial charge in [-0.25, -0.2) is 9.18 Å². The molecule has 0 N–H and O–H groups in total. The number of halogens is 1. The highest BCUT2D eigenvalue weighted by Gasteiger charge is 2.13. The van der Waals surface area contributed by atoms with Crippen molar-refractivity contribution in [2.24, 2.45) is 5.10 Å². The Morgan fingerprint density at radius 2 is 1.88 bits per heavy atom. The number of carbonyl (C=O) groups excluding carboxylic acids is 1. The number of carbonyl (C=O) groups is 1. The Labute approximate surface area is 150 Å². The van der Waals surface area contributed by atoms with E-state index in [4.69, 9.17) is 14.2 Å². The van der Waals surface area contributed by atoms with Crippen LogP contribution in [0, 0.1) is 5.82 Å². The molecule has 0 spiro atoms. The van der Waals surface area contributed by atoms with Crippen LogP contribution in [0.5, 0.6) is 11.5 Å². The van der Waals surface area contributed by atoms with Gasteiger partial charge in [0, 0.05) is 0 Å². The van der Waals surface area contributed by atoms with E-state index in [-0.39, 0.29) is 11.3 Å². The van der Waals surface area contributed by atoms with E-state index in [1.165, 1.54) is 31.4 Å². The van der Waals surface area contributed by atoms with Crippen LogP contribution < -0.4 is 9.47 Å². The Morgan fingerprint density at radius 1 is 1.15 bits per heavy atom. The molecule has 2 aromatic rings. The summed E-state index contributed by atoms with van der Waals surface area (Å²) in [6.07, 6.45) is 1.72. The van der Waals surface area contributed by atoms with Gasteiger partial charge < -0.3 is 14.2 Å². The number of hydrazone groups is 1. The van der Waals surface area contributed by atoms with Crippen molar-refractivity contribution in [3.63, 3.8) is 0 Å². The van der Waals surface area contributed by atoms with E-state index in [1.54, 1.807) is 24.4 Å². The lowest BCUT2D eigenvalue weighted by molar-refractivity contribution is 0.0397. The molecule has 6 nitrogen and oxygen atoms in total. The van der Waals surface area contributed by atoms with E-state index in [9.17, 15) is 9.18 Å². The summed E-state index contributed by atoms with van der Waals surface area (Å²) in [4.78, 5) is 12.2. The van der Waals surface area contributed by atoms with E-state index < -0.39 is 11.8 Å². The average Bonchev–Trinajstić information content (AvgIpc) is 2.68. The number of ether oxygens (including phenoxy) is 3. The first kappa shape index (κ1) is 17.9. The fraction of sp³-hybridized carbons (Fsp3) is 0.263. The zero-order valence-electron chi connectivity index (χ0n) is 14.4. The van der Waals surface area contributed by atoms with Gasteiger partial charge in [-0.1, -0.05) is 0 Å². The molecule has 0 amide bonds. The second-order valence-corrected chi connectivity index (χ2v) is 5.62. The summed E-state index contributed by atoms with van der Waals surface area (Å²) >= 11 is 0. The third-order valence-corrected chi connectivity index (χ3v) is 3.83. The van der Waals surface area contributed by atoms with Crippen LogP contribution in [0.1, 0.15) is 15.9 Å². The number of rotatable bonds is 5. The molecule has 0 saturated carbocycles. The van der Waals surface area contributed by atoms with Crippen molar-refractivity contribution in [1.82, 2.24) is 5.01 Å². The van der Waals surface area contributed by atoms with Crippen LogP contribution in [0.15, 0.2) is 47.6 Å². The number of hydrogen-bond donors (Lipinski definition) is 0. The van der Waals surface area contributed by atoms with Crippen molar-refractivity contribution >= 4 is 12.2 Å². The molecule has 1 aliphatic heterocycles. The van der Waals surface area contributed by atoms with Gasteiger partial charge in [-0.15, -0.1) is 0 Å². The third-order valence-electron chi connectivity index (χ3n) is 3.83. The largest absolute Gasteiger partial charge is 0.493 e. The summed E-state index contributed by atoms with van der Waals surface area (Å²) in [5, 5.41) is 6.33. The Balaban J connectivity index is 1.70. The van der Waals surface area contributed by atoms with Crippen molar-refractivity contribution in [1.29, 1.82) is 0 Å². The maximum atomic E-state index is 13.0. The minimum Gasteiger partial charge on any atom is -0.493 e. The zero-order chi connectivity index (χ0) is 18.4. The smallest absolute Gasteiger partial charge is 0.343 e. The fourth-order valence-electron chi connectivity index (χ4n) is 2.41. The second-order valence-electron chi connectivity index (χ2n) is 5.62. The number of esters is 1. The van der Waals surface area contributed by atoms with Crippen molar-refractivity contribution < 1.29 is 23.4 Å². The number of morpholine rings is 1. The van der Waals surface area contributed by atoms with Gasteiger partial charge in [0.15, 0.2) is 11.5 Å². The third kappa shape index (κ3) is 4.58. The van der Waals surface area contributed by atoms with Gasteiger partial charge in [0.1, 0.15) is 5.82 Å². The number of methoxy groups -OCH3 is 1. The van der Waals surface area contributed by atoms with Crippen LogP contribution in [0.2, 0.25) is 0 Å². The summed E-state index contributed by atoms with van der Waals surface area (Å²) in [6.45, 7) is 2.83. The van der Waals surface area contributed by atoms with Crippen LogP contribution in [-0.2, 0) is 4.74 Å². The van der Waals surface area contributed by atoms with Gasteiger partial charge in [0.2, 0.25) is 0 Å². The van der Waals surface area contributed by atoms with Crippen molar-refractivity contribution in [3.8, 4) is 11.5 Å². The molecule has 0 atom stereocenters. The highest BCUT2D eigenvalue weighted by atomic mass is 19.1. The van der Waals surface area contributed by atoms with E-state index in [0.29, 0.717) is 19.0 Å². The first-order chi connectivity index (χ1) is 12.7. The summed E-state index contributed by atoms with van der Waals surface area (Å²) in [6, 6.07) is 10.3. The molecule has 1 heterocycles. The second kappa shape index (κ2) is 8.44. The van der Waals surface area contributed by atoms with Gasteiger partial charge in [0.25, 0.3) is 0 Å². The van der Waals surface area contributed by atoms with Crippen LogP contribution in [0.3, 0.4) is 0 Å². The quantitative estimate of drug-likeness (QED) is 0.467. The van der Waals surface area contributed by atoms with Gasteiger partial charge in [-0.3, -0.25) is 5.01 Å². The molecule has 0 radical (unpaired) electrons. The summed E-state index contributed by atoms with van der Waals surface area (Å²) in [5.74, 6) is -0.308. The van der Waals surface area contributed by atoms with E-state index in [2.05, 4.69) is 5.10 Å². The molecule has 0 aliphatic carbocycles. The average molecular weight is 358 g/mol. The van der Waals surface area contributed by atoms with E-state index in [0.717, 1.165) is 18.7 Å². The van der Waals surface area contributed by atoms with E-state index >= 15 is 0 Å². The molecule has 136 valence electrons. The number of nitrogens with zero attached hydrogens (tertiary/aromatic N) is 2.